The summed E-state index contributed by atoms with van der Waals surface area (Å²) in [5.41, 5.74) is 1.99. The van der Waals surface area contributed by atoms with E-state index >= 15 is 0 Å². The van der Waals surface area contributed by atoms with Gasteiger partial charge in [-0.3, -0.25) is 0 Å². The van der Waals surface area contributed by atoms with Crippen molar-refractivity contribution in [1.82, 2.24) is 9.80 Å². The topological polar surface area (TPSA) is 53.0 Å². The summed E-state index contributed by atoms with van der Waals surface area (Å²) in [6.07, 6.45) is 1.95. The van der Waals surface area contributed by atoms with Crippen LogP contribution >= 0.6 is 11.8 Å². The van der Waals surface area contributed by atoms with Crippen molar-refractivity contribution in [3.63, 3.8) is 0 Å². The largest absolute Gasteiger partial charge is 0.478 e. The molecule has 1 unspecified atom stereocenters. The highest BCUT2D eigenvalue weighted by atomic mass is 32.2. The maximum absolute atomic E-state index is 13.7. The van der Waals surface area contributed by atoms with Gasteiger partial charge < -0.3 is 19.6 Å². The van der Waals surface area contributed by atoms with E-state index in [0.29, 0.717) is 25.3 Å². The number of carboxylic acids is 1. The van der Waals surface area contributed by atoms with Crippen LogP contribution < -0.4 is 0 Å². The van der Waals surface area contributed by atoms with Gasteiger partial charge in [-0.05, 0) is 42.0 Å². The number of allylic oxidation sites excluding steroid dienone is 2. The molecule has 1 aromatic rings. The van der Waals surface area contributed by atoms with Gasteiger partial charge in [-0.25, -0.2) is 9.18 Å². The fourth-order valence-electron chi connectivity index (χ4n) is 3.49. The third kappa shape index (κ3) is 4.47. The van der Waals surface area contributed by atoms with Crippen molar-refractivity contribution in [2.24, 2.45) is 0 Å². The fourth-order valence-corrected chi connectivity index (χ4v) is 4.62. The number of hydrogen-bond donors (Lipinski definition) is 1. The number of ether oxygens (including phenoxy) is 1. The molecular weight excluding hydrogens is 367 g/mol. The number of nitrogens with zero attached hydrogens (tertiary/aromatic N) is 2. The maximum Gasteiger partial charge on any atom is 0.334 e. The molecule has 0 saturated carbocycles. The van der Waals surface area contributed by atoms with Crippen LogP contribution in [0.15, 0.2) is 47.3 Å². The predicted molar refractivity (Wildman–Crippen MR) is 105 cm³/mol. The quantitative estimate of drug-likeness (QED) is 0.802. The Bertz CT molecular complexity index is 759. The predicted octanol–water partition coefficient (Wildman–Crippen LogP) is 3.30. The summed E-state index contributed by atoms with van der Waals surface area (Å²) in [7, 11) is 0. The Morgan fingerprint density at radius 2 is 2.11 bits per heavy atom. The Morgan fingerprint density at radius 1 is 1.37 bits per heavy atom. The van der Waals surface area contributed by atoms with E-state index in [1.165, 1.54) is 12.1 Å². The molecule has 7 heteroatoms. The number of benzene rings is 1. The van der Waals surface area contributed by atoms with Gasteiger partial charge in [0.2, 0.25) is 0 Å². The van der Waals surface area contributed by atoms with Gasteiger partial charge in [0.05, 0.1) is 18.8 Å². The summed E-state index contributed by atoms with van der Waals surface area (Å²) < 4.78 is 19.2. The number of hydrogen-bond acceptors (Lipinski definition) is 5. The second-order valence-electron chi connectivity index (χ2n) is 6.57. The van der Waals surface area contributed by atoms with Gasteiger partial charge in [-0.15, -0.1) is 11.8 Å². The highest BCUT2D eigenvalue weighted by Crippen LogP contribution is 2.36. The lowest BCUT2D eigenvalue weighted by molar-refractivity contribution is -0.133. The smallest absolute Gasteiger partial charge is 0.334 e. The minimum atomic E-state index is -0.903. The van der Waals surface area contributed by atoms with Gasteiger partial charge in [-0.2, -0.15) is 0 Å². The molecule has 27 heavy (non-hydrogen) atoms. The maximum atomic E-state index is 13.7. The minimum absolute atomic E-state index is 0.286. The molecule has 0 amide bonds. The highest BCUT2D eigenvalue weighted by molar-refractivity contribution is 8.00. The second-order valence-corrected chi connectivity index (χ2v) is 7.93. The number of rotatable bonds is 6. The van der Waals surface area contributed by atoms with Crippen LogP contribution in [0.2, 0.25) is 0 Å². The van der Waals surface area contributed by atoms with Gasteiger partial charge in [0.25, 0.3) is 0 Å². The third-order valence-corrected chi connectivity index (χ3v) is 5.87. The van der Waals surface area contributed by atoms with Gasteiger partial charge in [0.1, 0.15) is 17.0 Å². The second kappa shape index (κ2) is 8.80. The third-order valence-electron chi connectivity index (χ3n) is 4.73. The van der Waals surface area contributed by atoms with Crippen molar-refractivity contribution in [3.8, 4) is 0 Å². The van der Waals surface area contributed by atoms with Crippen LogP contribution in [-0.4, -0.2) is 58.3 Å². The number of carbonyl (C=O) groups is 1. The molecule has 0 spiro atoms. The lowest BCUT2D eigenvalue weighted by atomic mass is 10.0. The van der Waals surface area contributed by atoms with Crippen LogP contribution in [0, 0.1) is 5.82 Å². The fraction of sp³-hybridized carbons (Fsp3) is 0.450. The molecule has 3 rings (SSSR count). The van der Waals surface area contributed by atoms with Gasteiger partial charge >= 0.3 is 5.97 Å². The Morgan fingerprint density at radius 3 is 2.74 bits per heavy atom. The van der Waals surface area contributed by atoms with Crippen molar-refractivity contribution in [2.75, 3.05) is 32.1 Å². The van der Waals surface area contributed by atoms with E-state index in [1.807, 2.05) is 26.0 Å². The Balaban J connectivity index is 2.02. The van der Waals surface area contributed by atoms with E-state index in [1.54, 1.807) is 17.8 Å². The normalized spacial score (nSPS) is 20.7. The first kappa shape index (κ1) is 19.8. The number of aliphatic carboxylic acids is 1. The average Bonchev–Trinajstić information content (AvgIpc) is 2.64. The molecule has 0 bridgehead atoms. The molecule has 2 aliphatic rings. The Kier molecular flexibility index (Phi) is 6.44. The summed E-state index contributed by atoms with van der Waals surface area (Å²) >= 11 is 1.59. The van der Waals surface area contributed by atoms with Crippen molar-refractivity contribution >= 4 is 17.7 Å². The van der Waals surface area contributed by atoms with Crippen LogP contribution in [-0.2, 0) is 16.1 Å². The molecule has 1 N–H and O–H groups in total. The minimum Gasteiger partial charge on any atom is -0.478 e. The molecule has 0 aromatic heterocycles. The molecule has 1 saturated heterocycles. The van der Waals surface area contributed by atoms with Gasteiger partial charge in [0, 0.05) is 19.6 Å². The lowest BCUT2D eigenvalue weighted by Crippen LogP contribution is -2.47. The Hall–Kier alpha value is -1.99. The van der Waals surface area contributed by atoms with E-state index in [2.05, 4.69) is 9.80 Å². The summed E-state index contributed by atoms with van der Waals surface area (Å²) in [6, 6.07) is 6.49. The molecule has 1 fully saturated rings. The monoisotopic (exact) mass is 392 g/mol. The molecule has 0 radical (unpaired) electrons. The number of thioether (sulfide) groups is 1. The van der Waals surface area contributed by atoms with E-state index in [0.717, 1.165) is 35.8 Å². The zero-order chi connectivity index (χ0) is 19.4. The van der Waals surface area contributed by atoms with Gasteiger partial charge in [-0.1, -0.05) is 19.1 Å². The SMILES string of the molecule is CCSC1C(C(=O)O)=C(C)C=C(N2CCOCC2)N1Cc1cccc(F)c1. The molecule has 2 heterocycles. The van der Waals surface area contributed by atoms with Crippen molar-refractivity contribution in [2.45, 2.75) is 25.8 Å². The first-order valence-corrected chi connectivity index (χ1v) is 10.2. The molecule has 146 valence electrons. The highest BCUT2D eigenvalue weighted by Gasteiger charge is 2.35. The molecule has 0 aliphatic carbocycles. The zero-order valence-corrected chi connectivity index (χ0v) is 16.5. The van der Waals surface area contributed by atoms with E-state index in [9.17, 15) is 14.3 Å². The average molecular weight is 392 g/mol. The molecule has 2 aliphatic heterocycles. The standard InChI is InChI=1S/C20H25FN2O3S/c1-3-27-19-18(20(24)25)14(2)11-17(22-7-9-26-10-8-22)23(19)13-15-5-4-6-16(21)12-15/h4-6,11-12,19H,3,7-10,13H2,1-2H3,(H,24,25). The van der Waals surface area contributed by atoms with Crippen LogP contribution in [0.25, 0.3) is 0 Å². The first-order chi connectivity index (χ1) is 13.0. The molecule has 5 nitrogen and oxygen atoms in total. The van der Waals surface area contributed by atoms with Crippen molar-refractivity contribution < 1.29 is 19.0 Å². The number of carboxylic acid groups (broad SMARTS) is 1. The number of morpholine rings is 1. The Labute approximate surface area is 163 Å². The summed E-state index contributed by atoms with van der Waals surface area (Å²) in [5, 5.41) is 9.49. The summed E-state index contributed by atoms with van der Waals surface area (Å²) in [6.45, 7) is 7.12. The molecular formula is C20H25FN2O3S. The van der Waals surface area contributed by atoms with E-state index in [-0.39, 0.29) is 11.2 Å². The van der Waals surface area contributed by atoms with Crippen molar-refractivity contribution in [3.05, 3.63) is 58.7 Å². The van der Waals surface area contributed by atoms with Crippen LogP contribution in [0.1, 0.15) is 19.4 Å². The van der Waals surface area contributed by atoms with E-state index in [4.69, 9.17) is 4.74 Å². The lowest BCUT2D eigenvalue weighted by Gasteiger charge is -2.44. The molecule has 1 atom stereocenters. The van der Waals surface area contributed by atoms with Crippen LogP contribution in [0.5, 0.6) is 0 Å². The van der Waals surface area contributed by atoms with Crippen molar-refractivity contribution in [1.29, 1.82) is 0 Å². The number of halogens is 1. The zero-order valence-electron chi connectivity index (χ0n) is 15.7. The molecule has 1 aromatic carbocycles. The van der Waals surface area contributed by atoms with E-state index < -0.39 is 5.97 Å². The summed E-state index contributed by atoms with van der Waals surface area (Å²) in [5.74, 6) is 0.576. The van der Waals surface area contributed by atoms with Gasteiger partial charge in [0.15, 0.2) is 0 Å². The first-order valence-electron chi connectivity index (χ1n) is 9.12. The van der Waals surface area contributed by atoms with Crippen LogP contribution in [0.4, 0.5) is 4.39 Å². The summed E-state index contributed by atoms with van der Waals surface area (Å²) in [4.78, 5) is 16.3. The van der Waals surface area contributed by atoms with Crippen LogP contribution in [0.3, 0.4) is 0 Å².